The molecule has 1 saturated heterocycles. The van der Waals surface area contributed by atoms with E-state index in [1.54, 1.807) is 12.1 Å². The van der Waals surface area contributed by atoms with Crippen molar-refractivity contribution in [3.8, 4) is 11.5 Å². The highest BCUT2D eigenvalue weighted by molar-refractivity contribution is 8.19. The van der Waals surface area contributed by atoms with Crippen molar-refractivity contribution >= 4 is 51.6 Å². The van der Waals surface area contributed by atoms with Crippen LogP contribution in [0.3, 0.4) is 0 Å². The van der Waals surface area contributed by atoms with Gasteiger partial charge in [0.15, 0.2) is 17.3 Å². The fourth-order valence-corrected chi connectivity index (χ4v) is 4.50. The van der Waals surface area contributed by atoms with Crippen LogP contribution in [0.25, 0.3) is 6.08 Å². The monoisotopic (exact) mass is 395 g/mol. The molecule has 0 amide bonds. The number of nitrogens with zero attached hydrogens (tertiary/aromatic N) is 2. The highest BCUT2D eigenvalue weighted by Crippen LogP contribution is 2.42. The number of aromatic nitrogens is 2. The molecule has 2 N–H and O–H groups in total. The van der Waals surface area contributed by atoms with Crippen LogP contribution in [-0.4, -0.2) is 33.2 Å². The molecule has 2 heterocycles. The first-order valence-electron chi connectivity index (χ1n) is 7.35. The summed E-state index contributed by atoms with van der Waals surface area (Å²) in [5, 5.41) is 27.8. The van der Waals surface area contributed by atoms with E-state index in [0.717, 1.165) is 23.2 Å². The molecule has 0 spiro atoms. The van der Waals surface area contributed by atoms with Gasteiger partial charge in [-0.1, -0.05) is 30.3 Å². The number of ketones is 1. The molecular weight excluding hydrogens is 382 g/mol. The van der Waals surface area contributed by atoms with Gasteiger partial charge in [-0.2, -0.15) is 0 Å². The number of thioether (sulfide) groups is 1. The first kappa shape index (κ1) is 17.9. The van der Waals surface area contributed by atoms with Crippen LogP contribution in [0.1, 0.15) is 28.4 Å². The lowest BCUT2D eigenvalue weighted by atomic mass is 10.1. The number of ether oxygens (including phenoxy) is 1. The van der Waals surface area contributed by atoms with E-state index in [0.29, 0.717) is 15.5 Å². The van der Waals surface area contributed by atoms with Crippen LogP contribution in [0.5, 0.6) is 11.5 Å². The topological polar surface area (TPSA) is 96.2 Å². The minimum Gasteiger partial charge on any atom is -0.503 e. The molecule has 1 aromatic carbocycles. The van der Waals surface area contributed by atoms with Crippen molar-refractivity contribution < 1.29 is 14.6 Å². The molecule has 1 aliphatic rings. The maximum Gasteiger partial charge on any atom is 0.186 e. The molecule has 130 valence electrons. The summed E-state index contributed by atoms with van der Waals surface area (Å²) in [6.45, 7) is 1.97. The number of methoxy groups -OCH3 is 1. The van der Waals surface area contributed by atoms with E-state index in [1.165, 1.54) is 24.5 Å². The molecule has 1 fully saturated rings. The van der Waals surface area contributed by atoms with Crippen molar-refractivity contribution in [1.82, 2.24) is 10.2 Å². The fourth-order valence-electron chi connectivity index (χ4n) is 2.32. The van der Waals surface area contributed by atoms with Gasteiger partial charge in [-0.05, 0) is 30.2 Å². The molecular formula is C16H14ClN3O3S2. The number of allylic oxidation sites excluding steroid dienone is 1. The molecule has 1 aliphatic heterocycles. The number of aryl methyl sites for hydroxylation is 1. The smallest absolute Gasteiger partial charge is 0.186 e. The quantitative estimate of drug-likeness (QED) is 0.762. The van der Waals surface area contributed by atoms with Crippen LogP contribution in [-0.2, 0) is 11.2 Å². The van der Waals surface area contributed by atoms with Crippen LogP contribution in [0.15, 0.2) is 17.0 Å². The minimum absolute atomic E-state index is 0.130. The van der Waals surface area contributed by atoms with Crippen molar-refractivity contribution in [2.45, 2.75) is 19.3 Å². The highest BCUT2D eigenvalue weighted by Gasteiger charge is 2.39. The number of benzene rings is 1. The van der Waals surface area contributed by atoms with Crippen molar-refractivity contribution in [2.24, 2.45) is 0 Å². The molecule has 0 radical (unpaired) electrons. The van der Waals surface area contributed by atoms with Crippen LogP contribution >= 0.6 is 34.7 Å². The Morgan fingerprint density at radius 3 is 2.84 bits per heavy atom. The number of aromatic hydroxyl groups is 1. The summed E-state index contributed by atoms with van der Waals surface area (Å²) in [6.07, 6.45) is 2.38. The number of phenols is 1. The van der Waals surface area contributed by atoms with Crippen LogP contribution in [0, 0.1) is 5.41 Å². The summed E-state index contributed by atoms with van der Waals surface area (Å²) in [4.78, 5) is 13.1. The molecule has 25 heavy (non-hydrogen) atoms. The summed E-state index contributed by atoms with van der Waals surface area (Å²) >= 11 is 8.44. The summed E-state index contributed by atoms with van der Waals surface area (Å²) < 4.78 is 5.07. The van der Waals surface area contributed by atoms with E-state index in [1.807, 2.05) is 6.92 Å². The number of hydrogen-bond donors (Lipinski definition) is 2. The Labute approximate surface area is 157 Å². The minimum atomic E-state index is -0.691. The third-order valence-corrected chi connectivity index (χ3v) is 6.00. The van der Waals surface area contributed by atoms with Gasteiger partial charge in [-0.15, -0.1) is 21.5 Å². The lowest BCUT2D eigenvalue weighted by molar-refractivity contribution is -0.114. The maximum absolute atomic E-state index is 12.7. The summed E-state index contributed by atoms with van der Waals surface area (Å²) in [5.41, 5.74) is 0.607. The molecule has 0 bridgehead atoms. The van der Waals surface area contributed by atoms with E-state index in [4.69, 9.17) is 21.7 Å². The number of phenolic OH excluding ortho intramolecular Hbond substituents is 1. The van der Waals surface area contributed by atoms with E-state index in [9.17, 15) is 9.90 Å². The first-order valence-corrected chi connectivity index (χ1v) is 9.36. The van der Waals surface area contributed by atoms with Gasteiger partial charge < -0.3 is 9.84 Å². The average Bonchev–Trinajstić information content (AvgIpc) is 3.15. The summed E-state index contributed by atoms with van der Waals surface area (Å²) in [6, 6.07) is 3.12. The fraction of sp³-hybridized carbons (Fsp3) is 0.250. The number of carbonyl (C=O) groups is 1. The normalized spacial score (nSPS) is 19.0. The van der Waals surface area contributed by atoms with E-state index >= 15 is 0 Å². The highest BCUT2D eigenvalue weighted by atomic mass is 35.5. The predicted octanol–water partition coefficient (Wildman–Crippen LogP) is 3.89. The zero-order valence-electron chi connectivity index (χ0n) is 13.4. The van der Waals surface area contributed by atoms with E-state index in [2.05, 4.69) is 10.2 Å². The molecule has 0 saturated carbocycles. The van der Waals surface area contributed by atoms with Gasteiger partial charge in [-0.3, -0.25) is 10.2 Å². The van der Waals surface area contributed by atoms with Crippen LogP contribution in [0.4, 0.5) is 0 Å². The third-order valence-electron chi connectivity index (χ3n) is 3.59. The Balaban J connectivity index is 1.94. The number of Topliss-reactive ketones (excluding diaryl/α,β-unsaturated/α-hetero) is 1. The Bertz CT molecular complexity index is 895. The second kappa shape index (κ2) is 7.15. The molecule has 1 atom stereocenters. The molecule has 2 aromatic rings. The Morgan fingerprint density at radius 1 is 1.44 bits per heavy atom. The number of hydrogen-bond acceptors (Lipinski definition) is 8. The van der Waals surface area contributed by atoms with Crippen LogP contribution in [0.2, 0.25) is 5.02 Å². The molecule has 1 aromatic heterocycles. The van der Waals surface area contributed by atoms with Gasteiger partial charge in [-0.25, -0.2) is 0 Å². The van der Waals surface area contributed by atoms with E-state index in [-0.39, 0.29) is 27.3 Å². The zero-order chi connectivity index (χ0) is 18.1. The van der Waals surface area contributed by atoms with Gasteiger partial charge in [0.1, 0.15) is 15.9 Å². The zero-order valence-corrected chi connectivity index (χ0v) is 15.8. The summed E-state index contributed by atoms with van der Waals surface area (Å²) in [7, 11) is 1.42. The number of carbonyl (C=O) groups excluding carboxylic acids is 1. The molecule has 0 aliphatic carbocycles. The second-order valence-corrected chi connectivity index (χ2v) is 7.80. The molecule has 3 rings (SSSR count). The number of nitrogens with one attached hydrogen (secondary N) is 1. The molecule has 0 unspecified atom stereocenters. The van der Waals surface area contributed by atoms with Crippen molar-refractivity contribution in [3.05, 3.63) is 37.6 Å². The first-order chi connectivity index (χ1) is 11.9. The van der Waals surface area contributed by atoms with Crippen molar-refractivity contribution in [1.29, 1.82) is 5.41 Å². The van der Waals surface area contributed by atoms with Crippen molar-refractivity contribution in [2.75, 3.05) is 7.11 Å². The Hall–Kier alpha value is -1.90. The number of rotatable bonds is 4. The standard InChI is InChI=1S/C16H14ClN3O3S2/c1-3-11-19-20-16(25-11)12-14(22)10(24-15(12)18)6-7-4-8(17)13(21)9(5-7)23-2/h4-6,12,18,21H,3H2,1-2H3/b10-6-,18-15?/t12-/m1/s1. The SMILES string of the molecule is CCc1nnc([C@H]2C(=N)S/C(=C\c3cc(Cl)c(O)c(OC)c3)C2=O)s1. The van der Waals surface area contributed by atoms with Gasteiger partial charge in [0.2, 0.25) is 0 Å². The van der Waals surface area contributed by atoms with Gasteiger partial charge in [0, 0.05) is 0 Å². The maximum atomic E-state index is 12.7. The lowest BCUT2D eigenvalue weighted by Gasteiger charge is -2.06. The lowest BCUT2D eigenvalue weighted by Crippen LogP contribution is -2.11. The van der Waals surface area contributed by atoms with Gasteiger partial charge in [0.05, 0.1) is 22.1 Å². The third kappa shape index (κ3) is 3.42. The Kier molecular flexibility index (Phi) is 5.12. The summed E-state index contributed by atoms with van der Waals surface area (Å²) in [5.74, 6) is -0.804. The predicted molar refractivity (Wildman–Crippen MR) is 100.0 cm³/mol. The van der Waals surface area contributed by atoms with Crippen molar-refractivity contribution in [3.63, 3.8) is 0 Å². The largest absolute Gasteiger partial charge is 0.503 e. The van der Waals surface area contributed by atoms with E-state index < -0.39 is 5.92 Å². The van der Waals surface area contributed by atoms with Gasteiger partial charge in [0.25, 0.3) is 0 Å². The average molecular weight is 396 g/mol. The second-order valence-electron chi connectivity index (χ2n) is 5.21. The molecule has 9 heteroatoms. The Morgan fingerprint density at radius 2 is 2.20 bits per heavy atom. The van der Waals surface area contributed by atoms with Gasteiger partial charge >= 0.3 is 0 Å². The number of halogens is 1. The van der Waals surface area contributed by atoms with Crippen LogP contribution < -0.4 is 4.74 Å². The molecule has 6 nitrogen and oxygen atoms in total.